The van der Waals surface area contributed by atoms with Gasteiger partial charge in [0.25, 0.3) is 5.91 Å². The molecule has 26 heavy (non-hydrogen) atoms. The molecule has 1 spiro atoms. The monoisotopic (exact) mass is 356 g/mol. The van der Waals surface area contributed by atoms with Gasteiger partial charge < -0.3 is 19.7 Å². The van der Waals surface area contributed by atoms with Crippen molar-refractivity contribution in [2.75, 3.05) is 19.7 Å². The number of hydrogen-bond donors (Lipinski definition) is 2. The summed E-state index contributed by atoms with van der Waals surface area (Å²) in [6.07, 6.45) is 2.72. The first kappa shape index (κ1) is 17.6. The number of nitrogens with zero attached hydrogens (tertiary/aromatic N) is 1. The molecule has 140 valence electrons. The van der Waals surface area contributed by atoms with Crippen LogP contribution in [0.1, 0.15) is 52.9 Å². The number of ether oxygens (including phenoxy) is 1. The standard InChI is InChI=1S/C21H28N2O3/c1-13-11-14(2)18-16(12-13)15(3)19(22-18)20(25)23-8-6-21(7-9-23)17(24)5-4-10-26-21/h11-12,17,22,24H,4-10H2,1-3H3. The van der Waals surface area contributed by atoms with Gasteiger partial charge in [0, 0.05) is 30.6 Å². The van der Waals surface area contributed by atoms with Crippen LogP contribution in [-0.4, -0.2) is 52.3 Å². The van der Waals surface area contributed by atoms with Crippen molar-refractivity contribution in [3.8, 4) is 0 Å². The third kappa shape index (κ3) is 2.74. The van der Waals surface area contributed by atoms with Crippen molar-refractivity contribution in [2.45, 2.75) is 58.2 Å². The smallest absolute Gasteiger partial charge is 0.270 e. The molecule has 0 bridgehead atoms. The number of aliphatic hydroxyl groups excluding tert-OH is 1. The summed E-state index contributed by atoms with van der Waals surface area (Å²) < 4.78 is 5.96. The zero-order valence-electron chi connectivity index (χ0n) is 15.9. The summed E-state index contributed by atoms with van der Waals surface area (Å²) in [6.45, 7) is 8.15. The van der Waals surface area contributed by atoms with Crippen LogP contribution in [0.2, 0.25) is 0 Å². The molecule has 3 heterocycles. The van der Waals surface area contributed by atoms with E-state index in [-0.39, 0.29) is 5.91 Å². The molecular formula is C21H28N2O3. The number of aryl methyl sites for hydroxylation is 3. The highest BCUT2D eigenvalue weighted by Crippen LogP contribution is 2.36. The summed E-state index contributed by atoms with van der Waals surface area (Å²) in [5, 5.41) is 11.5. The third-order valence-corrected chi connectivity index (χ3v) is 6.24. The second-order valence-electron chi connectivity index (χ2n) is 7.99. The summed E-state index contributed by atoms with van der Waals surface area (Å²) >= 11 is 0. The number of piperidine rings is 1. The molecule has 2 N–H and O–H groups in total. The number of hydrogen-bond acceptors (Lipinski definition) is 3. The predicted molar refractivity (Wildman–Crippen MR) is 102 cm³/mol. The summed E-state index contributed by atoms with van der Waals surface area (Å²) in [5.74, 6) is 0.0518. The topological polar surface area (TPSA) is 65.6 Å². The molecule has 5 nitrogen and oxygen atoms in total. The number of likely N-dealkylation sites (tertiary alicyclic amines) is 1. The van der Waals surface area contributed by atoms with Crippen LogP contribution in [-0.2, 0) is 4.74 Å². The molecule has 2 aliphatic rings. The number of carbonyl (C=O) groups is 1. The number of rotatable bonds is 1. The number of aromatic amines is 1. The number of fused-ring (bicyclic) bond motifs is 1. The first-order valence-electron chi connectivity index (χ1n) is 9.62. The fourth-order valence-corrected chi connectivity index (χ4v) is 4.63. The Bertz CT molecular complexity index is 847. The number of H-pyrrole nitrogens is 1. The number of benzene rings is 1. The molecule has 2 fully saturated rings. The van der Waals surface area contributed by atoms with E-state index in [1.807, 2.05) is 11.8 Å². The molecule has 2 saturated heterocycles. The van der Waals surface area contributed by atoms with Crippen LogP contribution in [0.3, 0.4) is 0 Å². The average molecular weight is 356 g/mol. The number of nitrogens with one attached hydrogen (secondary N) is 1. The molecule has 0 saturated carbocycles. The highest BCUT2D eigenvalue weighted by atomic mass is 16.5. The molecule has 1 unspecified atom stereocenters. The van der Waals surface area contributed by atoms with Gasteiger partial charge in [-0.1, -0.05) is 11.6 Å². The van der Waals surface area contributed by atoms with Gasteiger partial charge in [-0.15, -0.1) is 0 Å². The van der Waals surface area contributed by atoms with Crippen LogP contribution in [0.5, 0.6) is 0 Å². The molecular weight excluding hydrogens is 328 g/mol. The Hall–Kier alpha value is -1.85. The molecule has 1 aromatic carbocycles. The van der Waals surface area contributed by atoms with E-state index in [0.717, 1.165) is 29.3 Å². The number of amides is 1. The maximum Gasteiger partial charge on any atom is 0.270 e. The van der Waals surface area contributed by atoms with E-state index in [1.54, 1.807) is 0 Å². The van der Waals surface area contributed by atoms with Crippen molar-refractivity contribution >= 4 is 16.8 Å². The Balaban J connectivity index is 1.57. The van der Waals surface area contributed by atoms with E-state index in [9.17, 15) is 9.90 Å². The molecule has 2 aliphatic heterocycles. The second-order valence-corrected chi connectivity index (χ2v) is 7.99. The lowest BCUT2D eigenvalue weighted by molar-refractivity contribution is -0.174. The zero-order valence-corrected chi connectivity index (χ0v) is 15.9. The van der Waals surface area contributed by atoms with Gasteiger partial charge in [-0.05, 0) is 63.6 Å². The molecule has 5 heteroatoms. The van der Waals surface area contributed by atoms with Crippen LogP contribution in [0.15, 0.2) is 12.1 Å². The summed E-state index contributed by atoms with van der Waals surface area (Å²) in [5.41, 5.74) is 4.69. The maximum atomic E-state index is 13.1. The van der Waals surface area contributed by atoms with E-state index in [2.05, 4.69) is 31.0 Å². The first-order valence-corrected chi connectivity index (χ1v) is 9.62. The van der Waals surface area contributed by atoms with Crippen molar-refractivity contribution in [1.29, 1.82) is 0 Å². The lowest BCUT2D eigenvalue weighted by Gasteiger charge is -2.46. The predicted octanol–water partition coefficient (Wildman–Crippen LogP) is 3.24. The minimum absolute atomic E-state index is 0.0518. The fraction of sp³-hybridized carbons (Fsp3) is 0.571. The van der Waals surface area contributed by atoms with Crippen molar-refractivity contribution in [1.82, 2.24) is 9.88 Å². The van der Waals surface area contributed by atoms with Gasteiger partial charge in [0.2, 0.25) is 0 Å². The van der Waals surface area contributed by atoms with Crippen LogP contribution >= 0.6 is 0 Å². The normalized spacial score (nSPS) is 22.9. The number of aromatic nitrogens is 1. The van der Waals surface area contributed by atoms with Gasteiger partial charge in [0.05, 0.1) is 11.7 Å². The molecule has 1 aromatic heterocycles. The van der Waals surface area contributed by atoms with E-state index >= 15 is 0 Å². The average Bonchev–Trinajstić information content (AvgIpc) is 2.95. The number of carbonyl (C=O) groups excluding carboxylic acids is 1. The van der Waals surface area contributed by atoms with Gasteiger partial charge in [-0.3, -0.25) is 4.79 Å². The van der Waals surface area contributed by atoms with Crippen molar-refractivity contribution in [3.05, 3.63) is 34.5 Å². The third-order valence-electron chi connectivity index (χ3n) is 6.24. The van der Waals surface area contributed by atoms with Gasteiger partial charge >= 0.3 is 0 Å². The molecule has 0 radical (unpaired) electrons. The number of aliphatic hydroxyl groups is 1. The van der Waals surface area contributed by atoms with E-state index in [1.165, 1.54) is 11.1 Å². The minimum Gasteiger partial charge on any atom is -0.390 e. The van der Waals surface area contributed by atoms with Crippen molar-refractivity contribution in [2.24, 2.45) is 0 Å². The highest BCUT2D eigenvalue weighted by molar-refractivity contribution is 6.01. The lowest BCUT2D eigenvalue weighted by atomic mass is 9.82. The molecule has 0 aliphatic carbocycles. The Labute approximate surface area is 154 Å². The Morgan fingerprint density at radius 3 is 2.69 bits per heavy atom. The van der Waals surface area contributed by atoms with Gasteiger partial charge in [0.15, 0.2) is 0 Å². The Kier molecular flexibility index (Phi) is 4.32. The van der Waals surface area contributed by atoms with Crippen LogP contribution in [0.25, 0.3) is 10.9 Å². The van der Waals surface area contributed by atoms with Gasteiger partial charge in [-0.25, -0.2) is 0 Å². The molecule has 1 atom stereocenters. The molecule has 1 amide bonds. The SMILES string of the molecule is Cc1cc(C)c2[nH]c(C(=O)N3CCC4(CC3)OCCCC4O)c(C)c2c1. The fourth-order valence-electron chi connectivity index (χ4n) is 4.63. The zero-order chi connectivity index (χ0) is 18.5. The first-order chi connectivity index (χ1) is 12.4. The van der Waals surface area contributed by atoms with Crippen molar-refractivity contribution < 1.29 is 14.6 Å². The van der Waals surface area contributed by atoms with Crippen molar-refractivity contribution in [3.63, 3.8) is 0 Å². The van der Waals surface area contributed by atoms with Crippen LogP contribution < -0.4 is 0 Å². The Morgan fingerprint density at radius 2 is 2.00 bits per heavy atom. The largest absolute Gasteiger partial charge is 0.390 e. The van der Waals surface area contributed by atoms with Crippen LogP contribution in [0, 0.1) is 20.8 Å². The van der Waals surface area contributed by atoms with Crippen LogP contribution in [0.4, 0.5) is 0 Å². The Morgan fingerprint density at radius 1 is 1.27 bits per heavy atom. The summed E-state index contributed by atoms with van der Waals surface area (Å²) in [6, 6.07) is 4.28. The second kappa shape index (κ2) is 6.39. The van der Waals surface area contributed by atoms with Gasteiger partial charge in [-0.2, -0.15) is 0 Å². The summed E-state index contributed by atoms with van der Waals surface area (Å²) in [4.78, 5) is 18.4. The van der Waals surface area contributed by atoms with Gasteiger partial charge in [0.1, 0.15) is 5.69 Å². The lowest BCUT2D eigenvalue weighted by Crippen LogP contribution is -2.56. The van der Waals surface area contributed by atoms with E-state index in [0.29, 0.717) is 38.2 Å². The summed E-state index contributed by atoms with van der Waals surface area (Å²) in [7, 11) is 0. The molecule has 2 aromatic rings. The highest BCUT2D eigenvalue weighted by Gasteiger charge is 2.44. The maximum absolute atomic E-state index is 13.1. The van der Waals surface area contributed by atoms with E-state index in [4.69, 9.17) is 4.74 Å². The minimum atomic E-state index is -0.446. The van der Waals surface area contributed by atoms with E-state index < -0.39 is 11.7 Å². The molecule has 4 rings (SSSR count). The quantitative estimate of drug-likeness (QED) is 0.824.